The first kappa shape index (κ1) is 15.1. The maximum absolute atomic E-state index is 12.9. The van der Waals surface area contributed by atoms with Gasteiger partial charge in [0.1, 0.15) is 0 Å². The summed E-state index contributed by atoms with van der Waals surface area (Å²) in [5.41, 5.74) is 7.82. The number of hydrogen-bond acceptors (Lipinski definition) is 2. The number of aryl methyl sites for hydroxylation is 1. The molecular weight excluding hydrogens is 276 g/mol. The highest BCUT2D eigenvalue weighted by molar-refractivity contribution is 5.84. The number of hydrogen-bond donors (Lipinski definition) is 1. The van der Waals surface area contributed by atoms with Crippen LogP contribution >= 0.6 is 0 Å². The number of nitrogens with two attached hydrogens (primary N) is 1. The molecule has 2 N–H and O–H groups in total. The summed E-state index contributed by atoms with van der Waals surface area (Å²) in [6.45, 7) is 1.52. The number of piperidine rings is 1. The number of primary amides is 1. The van der Waals surface area contributed by atoms with Crippen molar-refractivity contribution in [3.05, 3.63) is 35.4 Å². The summed E-state index contributed by atoms with van der Waals surface area (Å²) >= 11 is 0. The van der Waals surface area contributed by atoms with Crippen molar-refractivity contribution in [1.82, 2.24) is 4.90 Å². The van der Waals surface area contributed by atoms with Crippen molar-refractivity contribution in [2.24, 2.45) is 11.7 Å². The lowest BCUT2D eigenvalue weighted by Crippen LogP contribution is -2.42. The molecule has 1 aromatic rings. The molecule has 118 valence electrons. The SMILES string of the molecule is NC(=O)CC1CCN(C(=O)[C@H]2CCCc3ccccc32)CC1. The molecule has 1 aliphatic heterocycles. The maximum atomic E-state index is 12.9. The topological polar surface area (TPSA) is 63.4 Å². The molecule has 0 spiro atoms. The second-order valence-corrected chi connectivity index (χ2v) is 6.58. The second kappa shape index (κ2) is 6.51. The van der Waals surface area contributed by atoms with E-state index in [1.165, 1.54) is 11.1 Å². The van der Waals surface area contributed by atoms with Crippen molar-refractivity contribution in [3.8, 4) is 0 Å². The van der Waals surface area contributed by atoms with Gasteiger partial charge in [0, 0.05) is 19.5 Å². The predicted molar refractivity (Wildman–Crippen MR) is 85.2 cm³/mol. The van der Waals surface area contributed by atoms with E-state index < -0.39 is 0 Å². The molecule has 1 fully saturated rings. The van der Waals surface area contributed by atoms with Crippen LogP contribution in [0.25, 0.3) is 0 Å². The Morgan fingerprint density at radius 3 is 2.59 bits per heavy atom. The zero-order chi connectivity index (χ0) is 15.5. The van der Waals surface area contributed by atoms with E-state index >= 15 is 0 Å². The molecule has 1 aromatic carbocycles. The Balaban J connectivity index is 1.65. The normalized spacial score (nSPS) is 22.2. The monoisotopic (exact) mass is 300 g/mol. The number of likely N-dealkylation sites (tertiary alicyclic amines) is 1. The first-order chi connectivity index (χ1) is 10.6. The highest BCUT2D eigenvalue weighted by atomic mass is 16.2. The van der Waals surface area contributed by atoms with Gasteiger partial charge in [0.25, 0.3) is 0 Å². The minimum Gasteiger partial charge on any atom is -0.370 e. The first-order valence-corrected chi connectivity index (χ1v) is 8.30. The van der Waals surface area contributed by atoms with Crippen molar-refractivity contribution in [2.75, 3.05) is 13.1 Å². The van der Waals surface area contributed by atoms with Crippen molar-refractivity contribution in [3.63, 3.8) is 0 Å². The van der Waals surface area contributed by atoms with Crippen molar-refractivity contribution in [2.45, 2.75) is 44.4 Å². The molecule has 1 aliphatic carbocycles. The summed E-state index contributed by atoms with van der Waals surface area (Å²) in [6, 6.07) is 8.34. The van der Waals surface area contributed by atoms with Gasteiger partial charge in [0.15, 0.2) is 0 Å². The van der Waals surface area contributed by atoms with E-state index in [0.717, 1.165) is 45.2 Å². The van der Waals surface area contributed by atoms with E-state index in [1.807, 2.05) is 11.0 Å². The average molecular weight is 300 g/mol. The van der Waals surface area contributed by atoms with Crippen LogP contribution in [0.15, 0.2) is 24.3 Å². The second-order valence-electron chi connectivity index (χ2n) is 6.58. The molecule has 22 heavy (non-hydrogen) atoms. The highest BCUT2D eigenvalue weighted by Crippen LogP contribution is 2.34. The third-order valence-corrected chi connectivity index (χ3v) is 5.08. The quantitative estimate of drug-likeness (QED) is 0.930. The zero-order valence-corrected chi connectivity index (χ0v) is 13.0. The zero-order valence-electron chi connectivity index (χ0n) is 13.0. The summed E-state index contributed by atoms with van der Waals surface area (Å²) in [7, 11) is 0. The van der Waals surface area contributed by atoms with E-state index in [1.54, 1.807) is 0 Å². The van der Waals surface area contributed by atoms with Crippen LogP contribution in [0.2, 0.25) is 0 Å². The number of carbonyl (C=O) groups is 2. The van der Waals surface area contributed by atoms with Crippen LogP contribution in [0.1, 0.15) is 49.1 Å². The fraction of sp³-hybridized carbons (Fsp3) is 0.556. The van der Waals surface area contributed by atoms with Gasteiger partial charge in [-0.1, -0.05) is 24.3 Å². The van der Waals surface area contributed by atoms with Gasteiger partial charge in [-0.3, -0.25) is 9.59 Å². The van der Waals surface area contributed by atoms with Crippen LogP contribution in [0.4, 0.5) is 0 Å². The summed E-state index contributed by atoms with van der Waals surface area (Å²) < 4.78 is 0. The van der Waals surface area contributed by atoms with Crippen LogP contribution in [0.5, 0.6) is 0 Å². The Morgan fingerprint density at radius 1 is 1.14 bits per heavy atom. The van der Waals surface area contributed by atoms with Gasteiger partial charge in [-0.2, -0.15) is 0 Å². The Labute approximate surface area is 131 Å². The number of nitrogens with zero attached hydrogens (tertiary/aromatic N) is 1. The molecule has 3 rings (SSSR count). The van der Waals surface area contributed by atoms with Crippen molar-refractivity contribution >= 4 is 11.8 Å². The summed E-state index contributed by atoms with van der Waals surface area (Å²) in [6.07, 6.45) is 5.36. The molecule has 2 aliphatic rings. The third-order valence-electron chi connectivity index (χ3n) is 5.08. The molecule has 1 heterocycles. The van der Waals surface area contributed by atoms with Crippen LogP contribution in [0, 0.1) is 5.92 Å². The number of rotatable bonds is 3. The van der Waals surface area contributed by atoms with Crippen LogP contribution in [-0.4, -0.2) is 29.8 Å². The van der Waals surface area contributed by atoms with Gasteiger partial charge in [-0.05, 0) is 49.1 Å². The number of amides is 2. The van der Waals surface area contributed by atoms with Crippen LogP contribution in [0.3, 0.4) is 0 Å². The molecule has 4 nitrogen and oxygen atoms in total. The van der Waals surface area contributed by atoms with Gasteiger partial charge in [0.05, 0.1) is 5.92 Å². The summed E-state index contributed by atoms with van der Waals surface area (Å²) in [4.78, 5) is 25.9. The van der Waals surface area contributed by atoms with E-state index in [0.29, 0.717) is 12.3 Å². The van der Waals surface area contributed by atoms with Crippen LogP contribution in [-0.2, 0) is 16.0 Å². The van der Waals surface area contributed by atoms with E-state index in [4.69, 9.17) is 5.73 Å². The number of carbonyl (C=O) groups excluding carboxylic acids is 2. The average Bonchev–Trinajstić information content (AvgIpc) is 2.54. The molecule has 4 heteroatoms. The summed E-state index contributed by atoms with van der Waals surface area (Å²) in [5, 5.41) is 0. The molecular formula is C18H24N2O2. The Kier molecular flexibility index (Phi) is 4.46. The van der Waals surface area contributed by atoms with Crippen molar-refractivity contribution < 1.29 is 9.59 Å². The standard InChI is InChI=1S/C18H24N2O2/c19-17(21)12-13-8-10-20(11-9-13)18(22)16-7-3-5-14-4-1-2-6-15(14)16/h1-2,4,6,13,16H,3,5,7-12H2,(H2,19,21)/t16-/m0/s1. The third kappa shape index (κ3) is 3.16. The smallest absolute Gasteiger partial charge is 0.230 e. The van der Waals surface area contributed by atoms with Crippen molar-refractivity contribution in [1.29, 1.82) is 0 Å². The fourth-order valence-corrected chi connectivity index (χ4v) is 3.87. The molecule has 0 aromatic heterocycles. The van der Waals surface area contributed by atoms with Gasteiger partial charge >= 0.3 is 0 Å². The van der Waals surface area contributed by atoms with E-state index in [9.17, 15) is 9.59 Å². The summed E-state index contributed by atoms with van der Waals surface area (Å²) in [5.74, 6) is 0.411. The lowest BCUT2D eigenvalue weighted by Gasteiger charge is -2.35. The molecule has 0 bridgehead atoms. The molecule has 2 amide bonds. The molecule has 0 radical (unpaired) electrons. The Bertz CT molecular complexity index is 562. The lowest BCUT2D eigenvalue weighted by atomic mass is 9.81. The molecule has 0 saturated carbocycles. The Morgan fingerprint density at radius 2 is 1.86 bits per heavy atom. The molecule has 1 saturated heterocycles. The van der Waals surface area contributed by atoms with Crippen LogP contribution < -0.4 is 5.73 Å². The maximum Gasteiger partial charge on any atom is 0.230 e. The molecule has 0 unspecified atom stereocenters. The van der Waals surface area contributed by atoms with E-state index in [-0.39, 0.29) is 17.7 Å². The van der Waals surface area contributed by atoms with Gasteiger partial charge in [0.2, 0.25) is 11.8 Å². The largest absolute Gasteiger partial charge is 0.370 e. The lowest BCUT2D eigenvalue weighted by molar-refractivity contribution is -0.134. The number of fused-ring (bicyclic) bond motifs is 1. The fourth-order valence-electron chi connectivity index (χ4n) is 3.87. The highest BCUT2D eigenvalue weighted by Gasteiger charge is 2.32. The molecule has 1 atom stereocenters. The minimum atomic E-state index is -0.231. The van der Waals surface area contributed by atoms with Gasteiger partial charge in [-0.25, -0.2) is 0 Å². The van der Waals surface area contributed by atoms with Gasteiger partial charge in [-0.15, -0.1) is 0 Å². The predicted octanol–water partition coefficient (Wildman–Crippen LogP) is 2.22. The first-order valence-electron chi connectivity index (χ1n) is 8.30. The van der Waals surface area contributed by atoms with Gasteiger partial charge < -0.3 is 10.6 Å². The number of benzene rings is 1. The Hall–Kier alpha value is -1.84. The van der Waals surface area contributed by atoms with E-state index in [2.05, 4.69) is 18.2 Å². The minimum absolute atomic E-state index is 0.0256.